The molecular weight excluding hydrogens is 396 g/mol. The molecule has 0 amide bonds. The summed E-state index contributed by atoms with van der Waals surface area (Å²) in [5.74, 6) is 0.477. The summed E-state index contributed by atoms with van der Waals surface area (Å²) in [6.45, 7) is 10.0. The summed E-state index contributed by atoms with van der Waals surface area (Å²) in [6.07, 6.45) is 9.30. The molecule has 0 radical (unpaired) electrons. The largest absolute Gasteiger partial charge is 0.284 e. The lowest BCUT2D eigenvalue weighted by atomic mass is 9.96. The summed E-state index contributed by atoms with van der Waals surface area (Å²) in [4.78, 5) is 24.8. The molecule has 2 aromatic heterocycles. The average molecular weight is 425 g/mol. The third kappa shape index (κ3) is 3.96. The molecule has 0 N–H and O–H groups in total. The lowest BCUT2D eigenvalue weighted by molar-refractivity contribution is 0.0965. The molecule has 162 valence electrons. The highest BCUT2D eigenvalue weighted by atomic mass is 16.2. The molecule has 0 fully saturated rings. The highest BCUT2D eigenvalue weighted by Crippen LogP contribution is 2.27. The highest BCUT2D eigenvalue weighted by Gasteiger charge is 2.12. The molecule has 4 heteroatoms. The Labute approximate surface area is 188 Å². The minimum absolute atomic E-state index is 0.0384. The number of fused-ring (bicyclic) bond motifs is 2. The van der Waals surface area contributed by atoms with Gasteiger partial charge in [0.2, 0.25) is 0 Å². The standard InChI is InChI=1S/C28H28N2O2/c1-5-27(31)29-16-14-22-18-21(12-13-25(22)29)20(4)8-6-11-28(32)30-17-15-24-23(19(2)3)9-7-10-26(24)30/h5-7,9-20H,1,8H2,2-4H3/b11-6-. The molecule has 4 rings (SSSR count). The highest BCUT2D eigenvalue weighted by molar-refractivity contribution is 5.99. The fourth-order valence-corrected chi connectivity index (χ4v) is 4.23. The molecule has 0 saturated carbocycles. The molecule has 32 heavy (non-hydrogen) atoms. The van der Waals surface area contributed by atoms with Gasteiger partial charge in [0.25, 0.3) is 11.8 Å². The number of hydrogen-bond acceptors (Lipinski definition) is 2. The number of benzene rings is 2. The van der Waals surface area contributed by atoms with Crippen molar-refractivity contribution in [2.75, 3.05) is 0 Å². The van der Waals surface area contributed by atoms with Crippen LogP contribution in [0.4, 0.5) is 0 Å². The van der Waals surface area contributed by atoms with Crippen LogP contribution in [0, 0.1) is 0 Å². The first kappa shape index (κ1) is 21.6. The SMILES string of the molecule is C=CC(=O)n1ccc2cc(C(C)C/C=C\C(=O)n3ccc4c(C(C)C)cccc43)ccc21. The van der Waals surface area contributed by atoms with Gasteiger partial charge >= 0.3 is 0 Å². The van der Waals surface area contributed by atoms with Gasteiger partial charge in [0.1, 0.15) is 0 Å². The molecular formula is C28H28N2O2. The second kappa shape index (κ2) is 8.83. The number of rotatable bonds is 6. The average Bonchev–Trinajstić information content (AvgIpc) is 3.42. The van der Waals surface area contributed by atoms with E-state index in [9.17, 15) is 9.59 Å². The van der Waals surface area contributed by atoms with Crippen LogP contribution in [0.25, 0.3) is 21.8 Å². The maximum absolute atomic E-state index is 12.8. The van der Waals surface area contributed by atoms with Gasteiger partial charge in [0.05, 0.1) is 11.0 Å². The molecule has 0 aliphatic heterocycles. The Bertz CT molecular complexity index is 1350. The van der Waals surface area contributed by atoms with E-state index in [0.717, 1.165) is 28.2 Å². The molecule has 0 spiro atoms. The fourth-order valence-electron chi connectivity index (χ4n) is 4.23. The zero-order valence-corrected chi connectivity index (χ0v) is 18.8. The molecule has 0 aliphatic carbocycles. The minimum Gasteiger partial charge on any atom is -0.284 e. The summed E-state index contributed by atoms with van der Waals surface area (Å²) >= 11 is 0. The fraction of sp³-hybridized carbons (Fsp3) is 0.214. The Morgan fingerprint density at radius 1 is 0.938 bits per heavy atom. The van der Waals surface area contributed by atoms with E-state index in [2.05, 4.69) is 39.5 Å². The third-order valence-electron chi connectivity index (χ3n) is 6.07. The number of carbonyl (C=O) groups is 2. The molecule has 1 unspecified atom stereocenters. The monoisotopic (exact) mass is 424 g/mol. The van der Waals surface area contributed by atoms with E-state index in [0.29, 0.717) is 5.92 Å². The molecule has 1 atom stereocenters. The van der Waals surface area contributed by atoms with Crippen LogP contribution in [0.15, 0.2) is 85.7 Å². The Kier molecular flexibility index (Phi) is 5.95. The van der Waals surface area contributed by atoms with Crippen molar-refractivity contribution in [3.05, 3.63) is 96.9 Å². The first-order valence-corrected chi connectivity index (χ1v) is 11.0. The van der Waals surface area contributed by atoms with Crippen molar-refractivity contribution in [1.82, 2.24) is 9.13 Å². The predicted octanol–water partition coefficient (Wildman–Crippen LogP) is 6.94. The van der Waals surface area contributed by atoms with Crippen molar-refractivity contribution in [2.24, 2.45) is 0 Å². The van der Waals surface area contributed by atoms with Crippen LogP contribution in [-0.2, 0) is 0 Å². The van der Waals surface area contributed by atoms with E-state index in [1.165, 1.54) is 17.2 Å². The molecule has 0 aliphatic rings. The maximum Gasteiger partial charge on any atom is 0.254 e. The zero-order valence-electron chi connectivity index (χ0n) is 18.8. The first-order chi connectivity index (χ1) is 15.4. The van der Waals surface area contributed by atoms with Crippen LogP contribution in [0.3, 0.4) is 0 Å². The van der Waals surface area contributed by atoms with E-state index in [1.54, 1.807) is 21.4 Å². The Morgan fingerprint density at radius 3 is 2.44 bits per heavy atom. The van der Waals surface area contributed by atoms with Gasteiger partial charge in [0.15, 0.2) is 0 Å². The van der Waals surface area contributed by atoms with Gasteiger partial charge in [-0.05, 0) is 71.9 Å². The Balaban J connectivity index is 1.49. The predicted molar refractivity (Wildman–Crippen MR) is 132 cm³/mol. The summed E-state index contributed by atoms with van der Waals surface area (Å²) in [6, 6.07) is 16.2. The Morgan fingerprint density at radius 2 is 1.69 bits per heavy atom. The molecule has 0 bridgehead atoms. The van der Waals surface area contributed by atoms with Crippen molar-refractivity contribution in [2.45, 2.75) is 39.0 Å². The van der Waals surface area contributed by atoms with Crippen molar-refractivity contribution < 1.29 is 9.59 Å². The summed E-state index contributed by atoms with van der Waals surface area (Å²) in [5, 5.41) is 2.15. The van der Waals surface area contributed by atoms with Crippen LogP contribution >= 0.6 is 0 Å². The molecule has 4 nitrogen and oxygen atoms in total. The summed E-state index contributed by atoms with van der Waals surface area (Å²) in [5.41, 5.74) is 4.25. The molecule has 4 aromatic rings. The van der Waals surface area contributed by atoms with Crippen molar-refractivity contribution in [3.63, 3.8) is 0 Å². The van der Waals surface area contributed by atoms with Gasteiger partial charge in [-0.25, -0.2) is 0 Å². The van der Waals surface area contributed by atoms with E-state index in [4.69, 9.17) is 0 Å². The lowest BCUT2D eigenvalue weighted by Gasteiger charge is -2.10. The van der Waals surface area contributed by atoms with E-state index in [-0.39, 0.29) is 17.7 Å². The number of allylic oxidation sites excluding steroid dienone is 3. The van der Waals surface area contributed by atoms with E-state index in [1.807, 2.05) is 48.7 Å². The van der Waals surface area contributed by atoms with Gasteiger partial charge in [-0.15, -0.1) is 0 Å². The van der Waals surface area contributed by atoms with Gasteiger partial charge in [-0.2, -0.15) is 0 Å². The van der Waals surface area contributed by atoms with Gasteiger partial charge in [-0.3, -0.25) is 18.7 Å². The van der Waals surface area contributed by atoms with Crippen LogP contribution in [-0.4, -0.2) is 20.9 Å². The molecule has 2 aromatic carbocycles. The van der Waals surface area contributed by atoms with Crippen LogP contribution < -0.4 is 0 Å². The molecule has 0 saturated heterocycles. The molecule has 2 heterocycles. The number of aromatic nitrogens is 2. The summed E-state index contributed by atoms with van der Waals surface area (Å²) < 4.78 is 3.31. The maximum atomic E-state index is 12.8. The minimum atomic E-state index is -0.139. The topological polar surface area (TPSA) is 44.0 Å². The lowest BCUT2D eigenvalue weighted by Crippen LogP contribution is -2.05. The normalized spacial score (nSPS) is 12.8. The number of carbonyl (C=O) groups excluding carboxylic acids is 2. The zero-order chi connectivity index (χ0) is 22.8. The van der Waals surface area contributed by atoms with Gasteiger partial charge in [-0.1, -0.05) is 51.6 Å². The van der Waals surface area contributed by atoms with E-state index < -0.39 is 0 Å². The third-order valence-corrected chi connectivity index (χ3v) is 6.07. The van der Waals surface area contributed by atoms with Crippen molar-refractivity contribution in [3.8, 4) is 0 Å². The first-order valence-electron chi connectivity index (χ1n) is 11.0. The smallest absolute Gasteiger partial charge is 0.254 e. The summed E-state index contributed by atoms with van der Waals surface area (Å²) in [7, 11) is 0. The Hall–Kier alpha value is -3.66. The number of hydrogen-bond donors (Lipinski definition) is 0. The van der Waals surface area contributed by atoms with Crippen LogP contribution in [0.1, 0.15) is 59.7 Å². The second-order valence-corrected chi connectivity index (χ2v) is 8.54. The van der Waals surface area contributed by atoms with Gasteiger partial charge < -0.3 is 0 Å². The van der Waals surface area contributed by atoms with Crippen molar-refractivity contribution in [1.29, 1.82) is 0 Å². The van der Waals surface area contributed by atoms with Crippen LogP contribution in [0.2, 0.25) is 0 Å². The quantitative estimate of drug-likeness (QED) is 0.315. The van der Waals surface area contributed by atoms with Crippen LogP contribution in [0.5, 0.6) is 0 Å². The second-order valence-electron chi connectivity index (χ2n) is 8.54. The van der Waals surface area contributed by atoms with Crippen molar-refractivity contribution >= 4 is 33.6 Å². The number of nitrogens with zero attached hydrogens (tertiary/aromatic N) is 2. The van der Waals surface area contributed by atoms with Gasteiger partial charge in [0, 0.05) is 23.2 Å². The van der Waals surface area contributed by atoms with E-state index >= 15 is 0 Å².